The van der Waals surface area contributed by atoms with Gasteiger partial charge in [-0.1, -0.05) is 6.92 Å². The summed E-state index contributed by atoms with van der Waals surface area (Å²) in [5.74, 6) is 3.03. The molecule has 1 rings (SSSR count). The van der Waals surface area contributed by atoms with Crippen molar-refractivity contribution in [3.8, 4) is 0 Å². The molecule has 1 fully saturated rings. The molecule has 1 aliphatic heterocycles. The van der Waals surface area contributed by atoms with Gasteiger partial charge >= 0.3 is 0 Å². The lowest BCUT2D eigenvalue weighted by atomic mass is 10.3. The zero-order chi connectivity index (χ0) is 8.81. The summed E-state index contributed by atoms with van der Waals surface area (Å²) in [6.07, 6.45) is 2.27. The monoisotopic (exact) mass is 187 g/mol. The van der Waals surface area contributed by atoms with E-state index in [1.54, 1.807) is 0 Å². The van der Waals surface area contributed by atoms with Crippen LogP contribution in [0.3, 0.4) is 0 Å². The van der Waals surface area contributed by atoms with E-state index in [2.05, 4.69) is 17.2 Å². The van der Waals surface area contributed by atoms with Gasteiger partial charge in [-0.25, -0.2) is 0 Å². The topological polar surface area (TPSA) is 50.4 Å². The first kappa shape index (κ1) is 9.71. The molecule has 0 spiro atoms. The molecule has 0 saturated carbocycles. The Kier molecular flexibility index (Phi) is 4.29. The van der Waals surface area contributed by atoms with Gasteiger partial charge in [0.1, 0.15) is 0 Å². The smallest absolute Gasteiger partial charge is 0.188 e. The molecule has 70 valence electrons. The molecule has 0 aromatic heterocycles. The second-order valence-electron chi connectivity index (χ2n) is 2.97. The van der Waals surface area contributed by atoms with Crippen molar-refractivity contribution < 1.29 is 0 Å². The van der Waals surface area contributed by atoms with Crippen LogP contribution in [-0.2, 0) is 0 Å². The first-order valence-electron chi connectivity index (χ1n) is 4.47. The summed E-state index contributed by atoms with van der Waals surface area (Å²) in [7, 11) is 0. The number of guanidine groups is 1. The van der Waals surface area contributed by atoms with E-state index in [1.165, 1.54) is 17.9 Å². The second-order valence-corrected chi connectivity index (χ2v) is 4.12. The highest BCUT2D eigenvalue weighted by molar-refractivity contribution is 7.99. The highest BCUT2D eigenvalue weighted by Crippen LogP contribution is 2.16. The molecule has 3 nitrogen and oxygen atoms in total. The van der Waals surface area contributed by atoms with Crippen LogP contribution in [0.25, 0.3) is 0 Å². The predicted molar refractivity (Wildman–Crippen MR) is 55.6 cm³/mol. The van der Waals surface area contributed by atoms with Crippen LogP contribution in [0.4, 0.5) is 0 Å². The maximum atomic E-state index is 5.67. The Labute approximate surface area is 78.2 Å². The normalized spacial score (nSPS) is 24.4. The lowest BCUT2D eigenvalue weighted by Crippen LogP contribution is -2.40. The zero-order valence-corrected chi connectivity index (χ0v) is 8.36. The van der Waals surface area contributed by atoms with Crippen molar-refractivity contribution in [1.29, 1.82) is 0 Å². The Balaban J connectivity index is 2.19. The zero-order valence-electron chi connectivity index (χ0n) is 7.55. The SMILES string of the molecule is CCCN=C(N)NC1CCSC1. The van der Waals surface area contributed by atoms with Crippen LogP contribution in [0.15, 0.2) is 4.99 Å². The molecule has 4 heteroatoms. The van der Waals surface area contributed by atoms with Gasteiger partial charge in [-0.2, -0.15) is 11.8 Å². The van der Waals surface area contributed by atoms with Crippen molar-refractivity contribution in [2.75, 3.05) is 18.1 Å². The number of nitrogens with zero attached hydrogens (tertiary/aromatic N) is 1. The van der Waals surface area contributed by atoms with Crippen molar-refractivity contribution in [1.82, 2.24) is 5.32 Å². The van der Waals surface area contributed by atoms with E-state index in [0.29, 0.717) is 12.0 Å². The van der Waals surface area contributed by atoms with Crippen LogP contribution in [0.1, 0.15) is 19.8 Å². The van der Waals surface area contributed by atoms with Crippen molar-refractivity contribution in [3.05, 3.63) is 0 Å². The molecule has 3 N–H and O–H groups in total. The Morgan fingerprint density at radius 1 is 1.75 bits per heavy atom. The average Bonchev–Trinajstić information content (AvgIpc) is 2.53. The van der Waals surface area contributed by atoms with E-state index in [4.69, 9.17) is 5.73 Å². The van der Waals surface area contributed by atoms with Gasteiger partial charge < -0.3 is 11.1 Å². The fourth-order valence-electron chi connectivity index (χ4n) is 1.14. The first-order chi connectivity index (χ1) is 5.83. The Bertz CT molecular complexity index is 152. The van der Waals surface area contributed by atoms with Gasteiger partial charge in [0.2, 0.25) is 0 Å². The number of nitrogens with two attached hydrogens (primary N) is 1. The average molecular weight is 187 g/mol. The standard InChI is InChI=1S/C8H17N3S/c1-2-4-10-8(9)11-7-3-5-12-6-7/h7H,2-6H2,1H3,(H3,9,10,11). The van der Waals surface area contributed by atoms with E-state index in [-0.39, 0.29) is 0 Å². The molecule has 0 aromatic rings. The molecule has 1 heterocycles. The predicted octanol–water partition coefficient (Wildman–Crippen LogP) is 0.806. The molecule has 1 unspecified atom stereocenters. The van der Waals surface area contributed by atoms with Crippen LogP contribution < -0.4 is 11.1 Å². The number of rotatable bonds is 3. The lowest BCUT2D eigenvalue weighted by molar-refractivity contribution is 0.671. The van der Waals surface area contributed by atoms with Crippen LogP contribution in [0, 0.1) is 0 Å². The maximum absolute atomic E-state index is 5.67. The van der Waals surface area contributed by atoms with E-state index >= 15 is 0 Å². The fourth-order valence-corrected chi connectivity index (χ4v) is 2.29. The third kappa shape index (κ3) is 3.34. The minimum absolute atomic E-state index is 0.551. The number of nitrogens with one attached hydrogen (secondary N) is 1. The molecule has 1 saturated heterocycles. The fraction of sp³-hybridized carbons (Fsp3) is 0.875. The summed E-state index contributed by atoms with van der Waals surface area (Å²) < 4.78 is 0. The maximum Gasteiger partial charge on any atom is 0.188 e. The van der Waals surface area contributed by atoms with Crippen molar-refractivity contribution in [3.63, 3.8) is 0 Å². The van der Waals surface area contributed by atoms with Gasteiger partial charge in [-0.3, -0.25) is 4.99 Å². The van der Waals surface area contributed by atoms with Gasteiger partial charge in [-0.05, 0) is 18.6 Å². The molecule has 0 bridgehead atoms. The largest absolute Gasteiger partial charge is 0.370 e. The van der Waals surface area contributed by atoms with Gasteiger partial charge in [-0.15, -0.1) is 0 Å². The summed E-state index contributed by atoms with van der Waals surface area (Å²) in [6, 6.07) is 0.551. The molecule has 1 atom stereocenters. The Hall–Kier alpha value is -0.380. The number of thioether (sulfide) groups is 1. The number of hydrogen-bond acceptors (Lipinski definition) is 2. The molecule has 0 aromatic carbocycles. The molecule has 0 amide bonds. The van der Waals surface area contributed by atoms with Gasteiger partial charge in [0, 0.05) is 18.3 Å². The summed E-state index contributed by atoms with van der Waals surface area (Å²) >= 11 is 1.97. The Morgan fingerprint density at radius 3 is 3.17 bits per heavy atom. The number of hydrogen-bond donors (Lipinski definition) is 2. The number of aliphatic imine (C=N–C) groups is 1. The van der Waals surface area contributed by atoms with Crippen molar-refractivity contribution in [2.24, 2.45) is 10.7 Å². The van der Waals surface area contributed by atoms with Gasteiger partial charge in [0.15, 0.2) is 5.96 Å². The third-order valence-corrected chi connectivity index (χ3v) is 2.95. The van der Waals surface area contributed by atoms with Gasteiger partial charge in [0.25, 0.3) is 0 Å². The molecule has 1 aliphatic rings. The quantitative estimate of drug-likeness (QED) is 0.508. The van der Waals surface area contributed by atoms with E-state index in [1.807, 2.05) is 11.8 Å². The molecular weight excluding hydrogens is 170 g/mol. The summed E-state index contributed by atoms with van der Waals surface area (Å²) in [5.41, 5.74) is 5.67. The van der Waals surface area contributed by atoms with E-state index < -0.39 is 0 Å². The summed E-state index contributed by atoms with van der Waals surface area (Å²) in [6.45, 7) is 2.93. The Morgan fingerprint density at radius 2 is 2.58 bits per heavy atom. The molecular formula is C8H17N3S. The van der Waals surface area contributed by atoms with Crippen LogP contribution >= 0.6 is 11.8 Å². The minimum atomic E-state index is 0.551. The van der Waals surface area contributed by atoms with Gasteiger partial charge in [0.05, 0.1) is 0 Å². The van der Waals surface area contributed by atoms with E-state index in [9.17, 15) is 0 Å². The van der Waals surface area contributed by atoms with Crippen LogP contribution in [-0.4, -0.2) is 30.1 Å². The second kappa shape index (κ2) is 5.30. The lowest BCUT2D eigenvalue weighted by Gasteiger charge is -2.11. The highest BCUT2D eigenvalue weighted by Gasteiger charge is 2.14. The highest BCUT2D eigenvalue weighted by atomic mass is 32.2. The first-order valence-corrected chi connectivity index (χ1v) is 5.62. The third-order valence-electron chi connectivity index (χ3n) is 1.79. The minimum Gasteiger partial charge on any atom is -0.370 e. The van der Waals surface area contributed by atoms with Crippen LogP contribution in [0.5, 0.6) is 0 Å². The van der Waals surface area contributed by atoms with E-state index in [0.717, 1.165) is 13.0 Å². The molecule has 12 heavy (non-hydrogen) atoms. The summed E-state index contributed by atoms with van der Waals surface area (Å²) in [5, 5.41) is 3.22. The molecule has 0 radical (unpaired) electrons. The van der Waals surface area contributed by atoms with Crippen LogP contribution in [0.2, 0.25) is 0 Å². The van der Waals surface area contributed by atoms with Crippen molar-refractivity contribution >= 4 is 17.7 Å². The summed E-state index contributed by atoms with van der Waals surface area (Å²) in [4.78, 5) is 4.18. The molecule has 0 aliphatic carbocycles. The van der Waals surface area contributed by atoms with Crippen molar-refractivity contribution in [2.45, 2.75) is 25.8 Å².